The molecule has 26 heteroatoms. The largest absolute Gasteiger partial charge is 0.507 e. The summed E-state index contributed by atoms with van der Waals surface area (Å²) in [7, 11) is -21.0. The lowest BCUT2D eigenvalue weighted by Gasteiger charge is -2.09. The molecule has 5 aromatic carbocycles. The maximum atomic E-state index is 12.3. The van der Waals surface area contributed by atoms with E-state index >= 15 is 0 Å². The Morgan fingerprint density at radius 2 is 1.12 bits per heavy atom. The van der Waals surface area contributed by atoms with Crippen LogP contribution >= 0.6 is 11.6 Å². The third-order valence-electron chi connectivity index (χ3n) is 7.32. The van der Waals surface area contributed by atoms with E-state index in [1.807, 2.05) is 0 Å². The van der Waals surface area contributed by atoms with Gasteiger partial charge in [-0.25, -0.2) is 8.42 Å². The first-order valence-electron chi connectivity index (χ1n) is 15.4. The molecule has 0 aliphatic heterocycles. The predicted octanol–water partition coefficient (Wildman–Crippen LogP) is 3.06. The number of fused-ring (bicyclic) bond motifs is 1. The zero-order valence-corrected chi connectivity index (χ0v) is 34.0. The van der Waals surface area contributed by atoms with E-state index in [9.17, 15) is 52.0 Å². The molecule has 0 fully saturated rings. The molecule has 0 heterocycles. The molecule has 1 amide bonds. The van der Waals surface area contributed by atoms with E-state index in [-0.39, 0.29) is 55.7 Å². The number of amides is 1. The molecule has 0 aromatic heterocycles. The van der Waals surface area contributed by atoms with Crippen LogP contribution in [0.5, 0.6) is 5.75 Å². The quantitative estimate of drug-likeness (QED) is 0.0552. The Hall–Kier alpha value is -5.09. The van der Waals surface area contributed by atoms with Crippen molar-refractivity contribution in [2.75, 3.05) is 34.2 Å². The Morgan fingerprint density at radius 3 is 1.59 bits per heavy atom. The second-order valence-corrected chi connectivity index (χ2v) is 19.9. The number of aromatic hydroxyl groups is 1. The number of carbonyl (C=O) groups is 1. The third-order valence-corrected chi connectivity index (χ3v) is 12.8. The number of hydrogen-bond acceptors (Lipinski definition) is 15. The molecule has 0 bridgehead atoms. The van der Waals surface area contributed by atoms with Crippen molar-refractivity contribution in [3.63, 3.8) is 0 Å². The summed E-state index contributed by atoms with van der Waals surface area (Å²) in [6, 6.07) is 18.4. The molecule has 0 unspecified atom stereocenters. The minimum Gasteiger partial charge on any atom is -0.507 e. The van der Waals surface area contributed by atoms with E-state index in [4.69, 9.17) is 47.0 Å². The standard InChI is InChI=1S/C16H17ClN2O6S2.C10H9NO7S2.C6H7NO3S/c17-7-8-26(21,22)10-11-1-3-12(4-2-11)16(20)19-13-5-6-15(14(18)9-13)27(23,24)25;11-8-3-6(19(13,14)15)1-5-2-7(20(16,17)18)4-9(12)10(5)8;7-5-1-3-6(4-2-5)11(8,9)10/h1-6,9H,7-8,10,18H2,(H,19,20)(H,23,24,25);1-4,12H,11H2,(H,13,14,15)(H,16,17,18);1-4H,7H2,(H,8,9,10). The van der Waals surface area contributed by atoms with Crippen LogP contribution in [-0.2, 0) is 56.1 Å². The zero-order valence-electron chi connectivity index (χ0n) is 29.2. The van der Waals surface area contributed by atoms with Gasteiger partial charge < -0.3 is 27.6 Å². The van der Waals surface area contributed by atoms with Crippen LogP contribution in [0.3, 0.4) is 0 Å². The van der Waals surface area contributed by atoms with Gasteiger partial charge in [-0.2, -0.15) is 33.7 Å². The van der Waals surface area contributed by atoms with Crippen molar-refractivity contribution in [1.29, 1.82) is 0 Å². The highest BCUT2D eigenvalue weighted by atomic mass is 35.5. The summed E-state index contributed by atoms with van der Waals surface area (Å²) in [5, 5.41) is 12.2. The smallest absolute Gasteiger partial charge is 0.296 e. The van der Waals surface area contributed by atoms with Gasteiger partial charge in [0.15, 0.2) is 9.84 Å². The van der Waals surface area contributed by atoms with Crippen LogP contribution in [0.25, 0.3) is 10.8 Å². The molecule has 0 aliphatic rings. The van der Waals surface area contributed by atoms with Gasteiger partial charge in [0.2, 0.25) is 0 Å². The van der Waals surface area contributed by atoms with Gasteiger partial charge in [0.1, 0.15) is 10.6 Å². The molecule has 0 spiro atoms. The molecule has 0 atom stereocenters. The Bertz CT molecular complexity index is 2840. The molecular weight excluding hydrogens is 892 g/mol. The number of hydrogen-bond donors (Lipinski definition) is 9. The lowest BCUT2D eigenvalue weighted by molar-refractivity contribution is 0.102. The van der Waals surface area contributed by atoms with E-state index in [0.29, 0.717) is 11.3 Å². The van der Waals surface area contributed by atoms with Gasteiger partial charge in [-0.1, -0.05) is 12.1 Å². The van der Waals surface area contributed by atoms with Gasteiger partial charge in [-0.3, -0.25) is 23.0 Å². The second kappa shape index (κ2) is 18.2. The van der Waals surface area contributed by atoms with Gasteiger partial charge >= 0.3 is 0 Å². The summed E-state index contributed by atoms with van der Waals surface area (Å²) in [5.74, 6) is -1.33. The number of alkyl halides is 1. The zero-order chi connectivity index (χ0) is 44.0. The van der Waals surface area contributed by atoms with Crippen molar-refractivity contribution in [2.24, 2.45) is 0 Å². The number of anilines is 4. The minimum absolute atomic E-state index is 0.00444. The van der Waals surface area contributed by atoms with Crippen LogP contribution in [-0.4, -0.2) is 82.9 Å². The molecule has 314 valence electrons. The summed E-state index contributed by atoms with van der Waals surface area (Å²) in [5.41, 5.74) is 17.5. The number of rotatable bonds is 10. The van der Waals surface area contributed by atoms with Crippen molar-refractivity contribution >= 4 is 101 Å². The van der Waals surface area contributed by atoms with Crippen LogP contribution in [0, 0.1) is 0 Å². The number of nitrogen functional groups attached to an aromatic ring is 3. The van der Waals surface area contributed by atoms with Crippen LogP contribution in [0.4, 0.5) is 22.7 Å². The monoisotopic (exact) mass is 924 g/mol. The molecule has 5 aromatic rings. The molecule has 20 nitrogen and oxygen atoms in total. The predicted molar refractivity (Wildman–Crippen MR) is 214 cm³/mol. The van der Waals surface area contributed by atoms with Gasteiger partial charge in [0.05, 0.1) is 31.9 Å². The lowest BCUT2D eigenvalue weighted by atomic mass is 10.1. The van der Waals surface area contributed by atoms with Crippen molar-refractivity contribution < 1.29 is 70.2 Å². The number of phenolic OH excluding ortho intramolecular Hbond substituents is 1. The first-order chi connectivity index (χ1) is 26.5. The van der Waals surface area contributed by atoms with Crippen LogP contribution in [0.15, 0.2) is 111 Å². The number of halogens is 1. The SMILES string of the molecule is Nc1cc(NC(=O)c2ccc(CS(=O)(=O)CCCl)cc2)ccc1S(=O)(=O)O.Nc1cc(S(=O)(=O)O)cc2cc(S(=O)(=O)O)cc(O)c12.Nc1ccc(S(=O)(=O)O)cc1. The maximum Gasteiger partial charge on any atom is 0.296 e. The fourth-order valence-electron chi connectivity index (χ4n) is 4.67. The Morgan fingerprint density at radius 1 is 0.603 bits per heavy atom. The number of nitrogens with one attached hydrogen (secondary N) is 1. The topological polar surface area (TPSA) is 379 Å². The molecule has 0 radical (unpaired) electrons. The molecule has 0 saturated carbocycles. The van der Waals surface area contributed by atoms with Gasteiger partial charge in [0, 0.05) is 40.0 Å². The summed E-state index contributed by atoms with van der Waals surface area (Å²) in [4.78, 5) is 10.5. The summed E-state index contributed by atoms with van der Waals surface area (Å²) in [6.07, 6.45) is 0. The highest BCUT2D eigenvalue weighted by Crippen LogP contribution is 2.35. The molecule has 12 N–H and O–H groups in total. The Labute approximate surface area is 337 Å². The van der Waals surface area contributed by atoms with Crippen LogP contribution in [0.2, 0.25) is 0 Å². The summed E-state index contributed by atoms with van der Waals surface area (Å²) < 4.78 is 146. The van der Waals surface area contributed by atoms with Crippen LogP contribution < -0.4 is 22.5 Å². The van der Waals surface area contributed by atoms with Crippen molar-refractivity contribution in [1.82, 2.24) is 0 Å². The van der Waals surface area contributed by atoms with E-state index in [0.717, 1.165) is 30.3 Å². The van der Waals surface area contributed by atoms with Gasteiger partial charge in [-0.05, 0) is 83.7 Å². The molecule has 0 aliphatic carbocycles. The average molecular weight is 925 g/mol. The first kappa shape index (κ1) is 47.3. The fraction of sp³-hybridized carbons (Fsp3) is 0.0938. The highest BCUT2D eigenvalue weighted by molar-refractivity contribution is 7.90. The number of nitrogens with two attached hydrogens (primary N) is 3. The van der Waals surface area contributed by atoms with Crippen LogP contribution in [0.1, 0.15) is 15.9 Å². The van der Waals surface area contributed by atoms with Crippen molar-refractivity contribution in [3.05, 3.63) is 102 Å². The van der Waals surface area contributed by atoms with E-state index in [2.05, 4.69) is 5.32 Å². The number of carbonyl (C=O) groups excluding carboxylic acids is 1. The average Bonchev–Trinajstić information content (AvgIpc) is 3.07. The second-order valence-electron chi connectivity index (χ2n) is 11.7. The molecule has 0 saturated heterocycles. The first-order valence-corrected chi connectivity index (χ1v) is 23.5. The lowest BCUT2D eigenvalue weighted by Crippen LogP contribution is -2.13. The highest BCUT2D eigenvalue weighted by Gasteiger charge is 2.19. The van der Waals surface area contributed by atoms with Gasteiger partial charge in [0.25, 0.3) is 46.4 Å². The number of sulfone groups is 1. The molecule has 5 rings (SSSR count). The van der Waals surface area contributed by atoms with Crippen molar-refractivity contribution in [3.8, 4) is 5.75 Å². The minimum atomic E-state index is -4.59. The Balaban J connectivity index is 0.000000253. The van der Waals surface area contributed by atoms with Crippen molar-refractivity contribution in [2.45, 2.75) is 25.3 Å². The van der Waals surface area contributed by atoms with E-state index in [1.54, 1.807) is 0 Å². The third kappa shape index (κ3) is 13.5. The Kier molecular flexibility index (Phi) is 14.9. The maximum absolute atomic E-state index is 12.3. The normalized spacial score (nSPS) is 12.1. The van der Waals surface area contributed by atoms with E-state index < -0.39 is 76.7 Å². The number of phenols is 1. The fourth-order valence-corrected chi connectivity index (χ4v) is 8.62. The molecule has 58 heavy (non-hydrogen) atoms. The van der Waals surface area contributed by atoms with E-state index in [1.165, 1.54) is 60.7 Å². The summed E-state index contributed by atoms with van der Waals surface area (Å²) >= 11 is 5.45. The van der Waals surface area contributed by atoms with Gasteiger partial charge in [-0.15, -0.1) is 11.6 Å². The molecular formula is C32H33ClN4O16S5. The summed E-state index contributed by atoms with van der Waals surface area (Å²) in [6.45, 7) is 0. The number of benzene rings is 5.